The highest BCUT2D eigenvalue weighted by atomic mass is 16.6. The molecule has 0 bridgehead atoms. The average molecular weight is 229 g/mol. The van der Waals surface area contributed by atoms with Gasteiger partial charge in [-0.15, -0.1) is 0 Å². The van der Waals surface area contributed by atoms with Crippen LogP contribution in [0.3, 0.4) is 0 Å². The zero-order valence-electron chi connectivity index (χ0n) is 8.64. The van der Waals surface area contributed by atoms with Crippen LogP contribution in [0.2, 0.25) is 0 Å². The molecule has 0 unspecified atom stereocenters. The number of fused-ring (bicyclic) bond motifs is 1. The summed E-state index contributed by atoms with van der Waals surface area (Å²) in [7, 11) is 0. The Morgan fingerprint density at radius 1 is 1.53 bits per heavy atom. The van der Waals surface area contributed by atoms with Crippen molar-refractivity contribution in [1.29, 1.82) is 0 Å². The number of aromatic nitrogens is 2. The molecule has 0 spiro atoms. The van der Waals surface area contributed by atoms with Gasteiger partial charge < -0.3 is 4.79 Å². The van der Waals surface area contributed by atoms with Crippen LogP contribution in [0.1, 0.15) is 12.1 Å². The number of aromatic amines is 1. The quantitative estimate of drug-likeness (QED) is 0.365. The van der Waals surface area contributed by atoms with E-state index in [1.54, 1.807) is 6.07 Å². The van der Waals surface area contributed by atoms with Crippen molar-refractivity contribution in [2.75, 3.05) is 0 Å². The lowest BCUT2D eigenvalue weighted by Gasteiger charge is -1.90. The zero-order valence-corrected chi connectivity index (χ0v) is 8.64. The maximum atomic E-state index is 10.6. The number of rotatable bonds is 2. The number of hydrogen-bond donors (Lipinski definition) is 1. The van der Waals surface area contributed by atoms with Crippen LogP contribution in [0.15, 0.2) is 18.2 Å². The summed E-state index contributed by atoms with van der Waals surface area (Å²) < 4.78 is 0. The zero-order chi connectivity index (χ0) is 12.3. The highest BCUT2D eigenvalue weighted by Crippen LogP contribution is 2.20. The number of nitrogens with zero attached hydrogens (tertiary/aromatic N) is 2. The number of non-ortho nitro benzene ring substituents is 1. The molecule has 2 aromatic rings. The summed E-state index contributed by atoms with van der Waals surface area (Å²) in [6.07, 6.45) is 0.851. The molecule has 2 rings (SSSR count). The summed E-state index contributed by atoms with van der Waals surface area (Å²) in [6.45, 7) is 0. The van der Waals surface area contributed by atoms with E-state index in [1.807, 2.05) is 0 Å². The molecule has 1 N–H and O–H groups in total. The van der Waals surface area contributed by atoms with E-state index in [4.69, 9.17) is 0 Å². The summed E-state index contributed by atoms with van der Waals surface area (Å²) in [5.41, 5.74) is 1.02. The van der Waals surface area contributed by atoms with Crippen LogP contribution < -0.4 is 0 Å². The fourth-order valence-corrected chi connectivity index (χ4v) is 1.39. The van der Waals surface area contributed by atoms with Gasteiger partial charge in [-0.3, -0.25) is 15.2 Å². The Bertz CT molecular complexity index is 649. The van der Waals surface area contributed by atoms with Gasteiger partial charge in [0.2, 0.25) is 0 Å². The minimum Gasteiger partial charge on any atom is -0.302 e. The SMILES string of the molecule is O=CCC#Cc1[nH]nc2cc([N+](=O)[O-])ccc12. The Balaban J connectivity index is 2.46. The number of H-pyrrole nitrogens is 1. The lowest BCUT2D eigenvalue weighted by atomic mass is 10.2. The minimum atomic E-state index is -0.480. The molecule has 0 fully saturated rings. The number of carbonyl (C=O) groups is 1. The van der Waals surface area contributed by atoms with Gasteiger partial charge in [-0.05, 0) is 12.0 Å². The highest BCUT2D eigenvalue weighted by molar-refractivity contribution is 5.85. The molecule has 0 radical (unpaired) electrons. The Labute approximate surface area is 95.8 Å². The molecule has 6 heteroatoms. The van der Waals surface area contributed by atoms with Crippen LogP contribution in [0.25, 0.3) is 10.9 Å². The van der Waals surface area contributed by atoms with Crippen molar-refractivity contribution in [3.05, 3.63) is 34.0 Å². The molecule has 0 amide bonds. The molecule has 6 nitrogen and oxygen atoms in total. The number of nitrogens with one attached hydrogen (secondary N) is 1. The van der Waals surface area contributed by atoms with Crippen molar-refractivity contribution in [2.24, 2.45) is 0 Å². The molecule has 1 aromatic heterocycles. The molecule has 0 saturated carbocycles. The molecule has 0 atom stereocenters. The molecule has 1 aromatic carbocycles. The fraction of sp³-hybridized carbons (Fsp3) is 0.0909. The normalized spacial score (nSPS) is 9.65. The topological polar surface area (TPSA) is 88.9 Å². The molecule has 1 heterocycles. The third-order valence-corrected chi connectivity index (χ3v) is 2.15. The lowest BCUT2D eigenvalue weighted by molar-refractivity contribution is -0.384. The van der Waals surface area contributed by atoms with Crippen molar-refractivity contribution in [1.82, 2.24) is 10.2 Å². The number of nitro benzene ring substituents is 1. The summed E-state index contributed by atoms with van der Waals surface area (Å²) in [4.78, 5) is 20.2. The van der Waals surface area contributed by atoms with Crippen LogP contribution >= 0.6 is 0 Å². The molecule has 0 saturated heterocycles. The molecule has 0 aliphatic carbocycles. The van der Waals surface area contributed by atoms with E-state index in [0.29, 0.717) is 22.9 Å². The molecule has 17 heavy (non-hydrogen) atoms. The number of hydrogen-bond acceptors (Lipinski definition) is 4. The van der Waals surface area contributed by atoms with Gasteiger partial charge in [0, 0.05) is 17.5 Å². The maximum Gasteiger partial charge on any atom is 0.271 e. The van der Waals surface area contributed by atoms with Gasteiger partial charge >= 0.3 is 0 Å². The van der Waals surface area contributed by atoms with Crippen LogP contribution in [-0.4, -0.2) is 21.4 Å². The Morgan fingerprint density at radius 2 is 2.35 bits per heavy atom. The van der Waals surface area contributed by atoms with E-state index in [0.717, 1.165) is 0 Å². The summed E-state index contributed by atoms with van der Waals surface area (Å²) >= 11 is 0. The number of benzene rings is 1. The predicted molar refractivity (Wildman–Crippen MR) is 60.3 cm³/mol. The van der Waals surface area contributed by atoms with Crippen molar-refractivity contribution in [3.8, 4) is 11.8 Å². The van der Waals surface area contributed by atoms with Crippen LogP contribution in [0.4, 0.5) is 5.69 Å². The largest absolute Gasteiger partial charge is 0.302 e. The van der Waals surface area contributed by atoms with Gasteiger partial charge in [-0.1, -0.05) is 5.92 Å². The first-order chi connectivity index (χ1) is 8.22. The molecule has 84 valence electrons. The van der Waals surface area contributed by atoms with E-state index < -0.39 is 4.92 Å². The fourth-order valence-electron chi connectivity index (χ4n) is 1.39. The Kier molecular flexibility index (Phi) is 2.83. The third kappa shape index (κ3) is 2.13. The van der Waals surface area contributed by atoms with E-state index in [2.05, 4.69) is 22.0 Å². The van der Waals surface area contributed by atoms with Crippen molar-refractivity contribution < 1.29 is 9.72 Å². The number of aldehydes is 1. The highest BCUT2D eigenvalue weighted by Gasteiger charge is 2.09. The van der Waals surface area contributed by atoms with E-state index in [-0.39, 0.29) is 12.1 Å². The summed E-state index contributed by atoms with van der Waals surface area (Å²) in [5.74, 6) is 5.39. The van der Waals surface area contributed by atoms with Crippen LogP contribution in [-0.2, 0) is 4.79 Å². The average Bonchev–Trinajstić information content (AvgIpc) is 2.72. The van der Waals surface area contributed by atoms with Gasteiger partial charge in [0.05, 0.1) is 11.3 Å². The molecular formula is C11H7N3O3. The second kappa shape index (κ2) is 4.45. The van der Waals surface area contributed by atoms with E-state index >= 15 is 0 Å². The summed E-state index contributed by atoms with van der Waals surface area (Å²) in [5, 5.41) is 17.9. The summed E-state index contributed by atoms with van der Waals surface area (Å²) in [6, 6.07) is 4.35. The van der Waals surface area contributed by atoms with Crippen molar-refractivity contribution in [3.63, 3.8) is 0 Å². The number of carbonyl (C=O) groups excluding carboxylic acids is 1. The first-order valence-corrected chi connectivity index (χ1v) is 4.77. The van der Waals surface area contributed by atoms with Gasteiger partial charge in [-0.25, -0.2) is 0 Å². The van der Waals surface area contributed by atoms with Crippen LogP contribution in [0, 0.1) is 22.0 Å². The monoisotopic (exact) mass is 229 g/mol. The first kappa shape index (κ1) is 10.8. The van der Waals surface area contributed by atoms with Gasteiger partial charge in [0.25, 0.3) is 5.69 Å². The van der Waals surface area contributed by atoms with Crippen LogP contribution in [0.5, 0.6) is 0 Å². The second-order valence-electron chi connectivity index (χ2n) is 3.23. The maximum absolute atomic E-state index is 10.6. The van der Waals surface area contributed by atoms with E-state index in [1.165, 1.54) is 12.1 Å². The lowest BCUT2D eigenvalue weighted by Crippen LogP contribution is -1.86. The van der Waals surface area contributed by atoms with Crippen molar-refractivity contribution in [2.45, 2.75) is 6.42 Å². The van der Waals surface area contributed by atoms with Crippen molar-refractivity contribution >= 4 is 22.9 Å². The van der Waals surface area contributed by atoms with E-state index in [9.17, 15) is 14.9 Å². The standard InChI is InChI=1S/C11H7N3O3/c15-6-2-1-3-10-9-5-4-8(14(16)17)7-11(9)13-12-10/h4-7H,2H2,(H,12,13). The molecular weight excluding hydrogens is 222 g/mol. The second-order valence-corrected chi connectivity index (χ2v) is 3.23. The van der Waals surface area contributed by atoms with Gasteiger partial charge in [0.1, 0.15) is 17.5 Å². The Morgan fingerprint density at radius 3 is 3.06 bits per heavy atom. The molecule has 0 aliphatic rings. The first-order valence-electron chi connectivity index (χ1n) is 4.77. The molecule has 0 aliphatic heterocycles. The van der Waals surface area contributed by atoms with Gasteiger partial charge in [-0.2, -0.15) is 5.10 Å². The van der Waals surface area contributed by atoms with Gasteiger partial charge in [0.15, 0.2) is 0 Å². The predicted octanol–water partition coefficient (Wildman–Crippen LogP) is 1.41. The minimum absolute atomic E-state index is 0.0172. The number of nitro groups is 1. The third-order valence-electron chi connectivity index (χ3n) is 2.15. The smallest absolute Gasteiger partial charge is 0.271 e. The Hall–Kier alpha value is -2.68.